The van der Waals surface area contributed by atoms with Crippen molar-refractivity contribution in [1.82, 2.24) is 9.62 Å². The van der Waals surface area contributed by atoms with E-state index in [-0.39, 0.29) is 24.9 Å². The Bertz CT molecular complexity index is 777. The molecular weight excluding hydrogens is 362 g/mol. The third kappa shape index (κ3) is 5.09. The van der Waals surface area contributed by atoms with Gasteiger partial charge in [0, 0.05) is 32.1 Å². The second kappa shape index (κ2) is 8.71. The third-order valence-electron chi connectivity index (χ3n) is 5.82. The molecule has 6 nitrogen and oxygen atoms in total. The van der Waals surface area contributed by atoms with Crippen LogP contribution in [0.4, 0.5) is 0 Å². The molecule has 3 rings (SSSR count). The summed E-state index contributed by atoms with van der Waals surface area (Å²) in [6, 6.07) is 5.46. The van der Waals surface area contributed by atoms with Gasteiger partial charge in [-0.3, -0.25) is 4.79 Å². The average molecular weight is 394 g/mol. The lowest BCUT2D eigenvalue weighted by Crippen LogP contribution is -2.45. The number of benzene rings is 1. The number of nitrogens with one attached hydrogen (secondary N) is 1. The number of rotatable bonds is 6. The van der Waals surface area contributed by atoms with Crippen LogP contribution < -0.4 is 10.5 Å². The van der Waals surface area contributed by atoms with E-state index in [2.05, 4.69) is 4.72 Å². The highest BCUT2D eigenvalue weighted by atomic mass is 32.2. The summed E-state index contributed by atoms with van der Waals surface area (Å²) in [6.45, 7) is 3.51. The molecule has 1 aromatic carbocycles. The Morgan fingerprint density at radius 2 is 2.00 bits per heavy atom. The Morgan fingerprint density at radius 3 is 2.74 bits per heavy atom. The Labute approximate surface area is 162 Å². The molecule has 1 aliphatic heterocycles. The van der Waals surface area contributed by atoms with Gasteiger partial charge in [0.1, 0.15) is 0 Å². The van der Waals surface area contributed by atoms with Gasteiger partial charge in [0.2, 0.25) is 15.9 Å². The number of carbonyl (C=O) groups is 1. The first-order valence-corrected chi connectivity index (χ1v) is 11.5. The second-order valence-corrected chi connectivity index (χ2v) is 9.65. The Kier molecular flexibility index (Phi) is 6.55. The summed E-state index contributed by atoms with van der Waals surface area (Å²) < 4.78 is 27.7. The maximum absolute atomic E-state index is 12.6. The van der Waals surface area contributed by atoms with E-state index in [4.69, 9.17) is 5.73 Å². The summed E-state index contributed by atoms with van der Waals surface area (Å²) in [5, 5.41) is 0. The van der Waals surface area contributed by atoms with Crippen LogP contribution in [-0.2, 0) is 27.7 Å². The van der Waals surface area contributed by atoms with E-state index in [0.717, 1.165) is 44.2 Å². The maximum Gasteiger partial charge on any atom is 0.240 e. The van der Waals surface area contributed by atoms with Crippen molar-refractivity contribution in [3.8, 4) is 0 Å². The number of fused-ring (bicyclic) bond motifs is 1. The lowest BCUT2D eigenvalue weighted by Gasteiger charge is -2.34. The minimum absolute atomic E-state index is 0.00603. The van der Waals surface area contributed by atoms with Crippen molar-refractivity contribution in [2.24, 2.45) is 11.7 Å². The number of carbonyl (C=O) groups excluding carboxylic acids is 1. The van der Waals surface area contributed by atoms with Crippen molar-refractivity contribution < 1.29 is 13.2 Å². The first-order chi connectivity index (χ1) is 12.9. The van der Waals surface area contributed by atoms with Gasteiger partial charge in [-0.1, -0.05) is 6.07 Å². The summed E-state index contributed by atoms with van der Waals surface area (Å²) >= 11 is 0. The predicted molar refractivity (Wildman–Crippen MR) is 106 cm³/mol. The van der Waals surface area contributed by atoms with Crippen LogP contribution in [0.25, 0.3) is 0 Å². The van der Waals surface area contributed by atoms with Crippen LogP contribution in [0.15, 0.2) is 23.1 Å². The van der Waals surface area contributed by atoms with E-state index in [1.54, 1.807) is 12.1 Å². The molecular formula is C20H31N3O3S. The van der Waals surface area contributed by atoms with Crippen LogP contribution in [0.5, 0.6) is 0 Å². The van der Waals surface area contributed by atoms with Gasteiger partial charge in [0.25, 0.3) is 0 Å². The molecule has 150 valence electrons. The van der Waals surface area contributed by atoms with E-state index < -0.39 is 10.0 Å². The van der Waals surface area contributed by atoms with Crippen LogP contribution in [0, 0.1) is 5.92 Å². The Morgan fingerprint density at radius 1 is 1.26 bits per heavy atom. The van der Waals surface area contributed by atoms with Crippen LogP contribution in [0.1, 0.15) is 50.2 Å². The Hall–Kier alpha value is -1.44. The molecule has 0 spiro atoms. The fourth-order valence-electron chi connectivity index (χ4n) is 4.08. The van der Waals surface area contributed by atoms with Gasteiger partial charge >= 0.3 is 0 Å². The van der Waals surface area contributed by atoms with Gasteiger partial charge in [-0.05, 0) is 74.6 Å². The maximum atomic E-state index is 12.6. The molecule has 2 atom stereocenters. The molecule has 2 unspecified atom stereocenters. The van der Waals surface area contributed by atoms with Crippen molar-refractivity contribution in [2.45, 2.75) is 62.8 Å². The fraction of sp³-hybridized carbons (Fsp3) is 0.650. The van der Waals surface area contributed by atoms with Crippen molar-refractivity contribution in [3.05, 3.63) is 29.3 Å². The molecule has 1 aromatic rings. The summed E-state index contributed by atoms with van der Waals surface area (Å²) in [7, 11) is -3.59. The summed E-state index contributed by atoms with van der Waals surface area (Å²) in [4.78, 5) is 14.6. The van der Waals surface area contributed by atoms with Crippen molar-refractivity contribution >= 4 is 15.9 Å². The van der Waals surface area contributed by atoms with Gasteiger partial charge in [0.15, 0.2) is 0 Å². The van der Waals surface area contributed by atoms with E-state index in [0.29, 0.717) is 17.4 Å². The molecule has 27 heavy (non-hydrogen) atoms. The third-order valence-corrected chi connectivity index (χ3v) is 7.27. The molecule has 0 aromatic heterocycles. The van der Waals surface area contributed by atoms with Crippen LogP contribution in [0.2, 0.25) is 0 Å². The zero-order valence-electron chi connectivity index (χ0n) is 16.1. The Balaban J connectivity index is 1.54. The number of amides is 1. The lowest BCUT2D eigenvalue weighted by atomic mass is 9.92. The lowest BCUT2D eigenvalue weighted by molar-refractivity contribution is -0.132. The number of piperidine rings is 1. The summed E-state index contributed by atoms with van der Waals surface area (Å²) in [5.74, 6) is 0.323. The molecule has 3 N–H and O–H groups in total. The summed E-state index contributed by atoms with van der Waals surface area (Å²) in [6.07, 6.45) is 6.42. The van der Waals surface area contributed by atoms with Crippen molar-refractivity contribution in [1.29, 1.82) is 0 Å². The highest BCUT2D eigenvalue weighted by Gasteiger charge is 2.26. The number of hydrogen-bond acceptors (Lipinski definition) is 4. The number of nitrogens with two attached hydrogens (primary N) is 1. The van der Waals surface area contributed by atoms with Crippen molar-refractivity contribution in [3.63, 3.8) is 0 Å². The summed E-state index contributed by atoms with van der Waals surface area (Å²) in [5.41, 5.74) is 8.36. The molecule has 1 aliphatic carbocycles. The number of sulfonamides is 1. The second-order valence-electron chi connectivity index (χ2n) is 7.89. The normalized spacial score (nSPS) is 21.6. The molecule has 0 radical (unpaired) electrons. The molecule has 0 bridgehead atoms. The largest absolute Gasteiger partial charge is 0.342 e. The zero-order valence-corrected chi connectivity index (χ0v) is 16.9. The first-order valence-electron chi connectivity index (χ1n) is 10.0. The van der Waals surface area contributed by atoms with Crippen LogP contribution in [-0.4, -0.2) is 44.9 Å². The SMILES string of the molecule is CC(N)C1CCCN(C(=O)CCNS(=O)(=O)c2ccc3c(c2)CCCC3)C1. The van der Waals surface area contributed by atoms with Gasteiger partial charge in [0.05, 0.1) is 4.90 Å². The number of nitrogens with zero attached hydrogens (tertiary/aromatic N) is 1. The smallest absolute Gasteiger partial charge is 0.240 e. The zero-order chi connectivity index (χ0) is 19.4. The number of likely N-dealkylation sites (tertiary alicyclic amines) is 1. The van der Waals surface area contributed by atoms with Gasteiger partial charge in [-0.25, -0.2) is 13.1 Å². The van der Waals surface area contributed by atoms with E-state index >= 15 is 0 Å². The van der Waals surface area contributed by atoms with Crippen molar-refractivity contribution in [2.75, 3.05) is 19.6 Å². The molecule has 1 fully saturated rings. The first kappa shape index (κ1) is 20.3. The van der Waals surface area contributed by atoms with Crippen LogP contribution in [0.3, 0.4) is 0 Å². The van der Waals surface area contributed by atoms with E-state index in [1.807, 2.05) is 17.9 Å². The minimum Gasteiger partial charge on any atom is -0.342 e. The quantitative estimate of drug-likeness (QED) is 0.771. The average Bonchev–Trinajstić information content (AvgIpc) is 2.67. The molecule has 1 heterocycles. The van der Waals surface area contributed by atoms with Gasteiger partial charge in [-0.2, -0.15) is 0 Å². The van der Waals surface area contributed by atoms with Gasteiger partial charge < -0.3 is 10.6 Å². The highest BCUT2D eigenvalue weighted by Crippen LogP contribution is 2.24. The fourth-order valence-corrected chi connectivity index (χ4v) is 5.16. The molecule has 7 heteroatoms. The highest BCUT2D eigenvalue weighted by molar-refractivity contribution is 7.89. The number of aryl methyl sites for hydroxylation is 2. The molecule has 1 amide bonds. The molecule has 2 aliphatic rings. The van der Waals surface area contributed by atoms with E-state index in [1.165, 1.54) is 12.0 Å². The topological polar surface area (TPSA) is 92.5 Å². The standard InChI is InChI=1S/C20H31N3O3S/c1-15(21)18-7-4-12-23(14-18)20(24)10-11-22-27(25,26)19-9-8-16-5-2-3-6-17(16)13-19/h8-9,13,15,18,22H,2-7,10-12,14,21H2,1H3. The minimum atomic E-state index is -3.59. The van der Waals surface area contributed by atoms with Crippen LogP contribution >= 0.6 is 0 Å². The van der Waals surface area contributed by atoms with E-state index in [9.17, 15) is 13.2 Å². The molecule has 0 saturated carbocycles. The monoisotopic (exact) mass is 393 g/mol. The predicted octanol–water partition coefficient (Wildman–Crippen LogP) is 1.82. The molecule has 1 saturated heterocycles. The van der Waals surface area contributed by atoms with Gasteiger partial charge in [-0.15, -0.1) is 0 Å². The number of hydrogen-bond donors (Lipinski definition) is 2.